The maximum absolute atomic E-state index is 5.99. The molecule has 0 aliphatic carbocycles. The molecule has 0 aromatic heterocycles. The molecule has 0 saturated carbocycles. The second-order valence-corrected chi connectivity index (χ2v) is 3.53. The number of hydrogen-bond donors (Lipinski definition) is 2. The molecule has 1 aromatic rings. The first-order chi connectivity index (χ1) is 5.77. The standard InChI is InChI=1S/C9H11ClN2/c10-8-3-1-2-6-4-7(11)5-12-9(6)8/h1-3,7,12H,4-5,11H2/t7-/m1/s1. The first-order valence-corrected chi connectivity index (χ1v) is 4.42. The molecule has 0 unspecified atom stereocenters. The van der Waals surface area contributed by atoms with Crippen molar-refractivity contribution >= 4 is 17.3 Å². The molecule has 2 rings (SSSR count). The minimum Gasteiger partial charge on any atom is -0.382 e. The summed E-state index contributed by atoms with van der Waals surface area (Å²) in [5.74, 6) is 0. The van der Waals surface area contributed by atoms with Crippen molar-refractivity contribution in [3.8, 4) is 0 Å². The Bertz CT molecular complexity index is 299. The van der Waals surface area contributed by atoms with Gasteiger partial charge in [-0.15, -0.1) is 0 Å². The van der Waals surface area contributed by atoms with Crippen LogP contribution in [0.3, 0.4) is 0 Å². The first kappa shape index (κ1) is 7.90. The Labute approximate surface area is 76.7 Å². The molecule has 12 heavy (non-hydrogen) atoms. The van der Waals surface area contributed by atoms with Gasteiger partial charge >= 0.3 is 0 Å². The number of nitrogens with one attached hydrogen (secondary N) is 1. The fourth-order valence-corrected chi connectivity index (χ4v) is 1.79. The van der Waals surface area contributed by atoms with E-state index in [0.717, 1.165) is 23.7 Å². The van der Waals surface area contributed by atoms with Crippen molar-refractivity contribution in [3.63, 3.8) is 0 Å². The fraction of sp³-hybridized carbons (Fsp3) is 0.333. The summed E-state index contributed by atoms with van der Waals surface area (Å²) >= 11 is 5.99. The summed E-state index contributed by atoms with van der Waals surface area (Å²) in [4.78, 5) is 0. The molecule has 1 aliphatic rings. The monoisotopic (exact) mass is 182 g/mol. The lowest BCUT2D eigenvalue weighted by Gasteiger charge is -2.23. The zero-order valence-corrected chi connectivity index (χ0v) is 7.43. The van der Waals surface area contributed by atoms with Crippen LogP contribution in [0.1, 0.15) is 5.56 Å². The maximum Gasteiger partial charge on any atom is 0.0640 e. The molecule has 0 amide bonds. The Balaban J connectivity index is 2.42. The van der Waals surface area contributed by atoms with E-state index >= 15 is 0 Å². The summed E-state index contributed by atoms with van der Waals surface area (Å²) in [5, 5.41) is 4.01. The summed E-state index contributed by atoms with van der Waals surface area (Å²) in [5.41, 5.74) is 8.07. The first-order valence-electron chi connectivity index (χ1n) is 4.04. The van der Waals surface area contributed by atoms with Crippen LogP contribution in [0.2, 0.25) is 5.02 Å². The molecule has 64 valence electrons. The molecule has 1 heterocycles. The predicted molar refractivity (Wildman–Crippen MR) is 51.6 cm³/mol. The molecular weight excluding hydrogens is 172 g/mol. The van der Waals surface area contributed by atoms with Gasteiger partial charge in [0.2, 0.25) is 0 Å². The van der Waals surface area contributed by atoms with E-state index in [-0.39, 0.29) is 6.04 Å². The lowest BCUT2D eigenvalue weighted by molar-refractivity contribution is 0.679. The zero-order chi connectivity index (χ0) is 8.55. The van der Waals surface area contributed by atoms with E-state index in [1.807, 2.05) is 12.1 Å². The highest BCUT2D eigenvalue weighted by Gasteiger charge is 2.15. The summed E-state index contributed by atoms with van der Waals surface area (Å²) in [6.07, 6.45) is 0.920. The van der Waals surface area contributed by atoms with Crippen LogP contribution in [0, 0.1) is 0 Å². The van der Waals surface area contributed by atoms with Gasteiger partial charge in [0.15, 0.2) is 0 Å². The van der Waals surface area contributed by atoms with Gasteiger partial charge in [0.05, 0.1) is 10.7 Å². The lowest BCUT2D eigenvalue weighted by atomic mass is 10.0. The molecule has 0 spiro atoms. The number of para-hydroxylation sites is 1. The Morgan fingerprint density at radius 2 is 2.33 bits per heavy atom. The van der Waals surface area contributed by atoms with Crippen molar-refractivity contribution in [1.29, 1.82) is 0 Å². The van der Waals surface area contributed by atoms with Gasteiger partial charge < -0.3 is 11.1 Å². The second-order valence-electron chi connectivity index (χ2n) is 3.12. The third-order valence-corrected chi connectivity index (χ3v) is 2.44. The molecule has 0 fully saturated rings. The van der Waals surface area contributed by atoms with Gasteiger partial charge in [-0.3, -0.25) is 0 Å². The minimum atomic E-state index is 0.218. The molecule has 1 aromatic carbocycles. The van der Waals surface area contributed by atoms with Crippen molar-refractivity contribution in [3.05, 3.63) is 28.8 Å². The van der Waals surface area contributed by atoms with Crippen LogP contribution < -0.4 is 11.1 Å². The van der Waals surface area contributed by atoms with Gasteiger partial charge in [0, 0.05) is 12.6 Å². The van der Waals surface area contributed by atoms with Crippen molar-refractivity contribution in [2.75, 3.05) is 11.9 Å². The van der Waals surface area contributed by atoms with Gasteiger partial charge in [-0.1, -0.05) is 23.7 Å². The zero-order valence-electron chi connectivity index (χ0n) is 6.68. The van der Waals surface area contributed by atoms with Crippen LogP contribution in [0.4, 0.5) is 5.69 Å². The highest BCUT2D eigenvalue weighted by atomic mass is 35.5. The van der Waals surface area contributed by atoms with Gasteiger partial charge in [-0.25, -0.2) is 0 Å². The van der Waals surface area contributed by atoms with Crippen LogP contribution in [0.5, 0.6) is 0 Å². The summed E-state index contributed by atoms with van der Waals surface area (Å²) in [6.45, 7) is 0.816. The predicted octanol–water partition coefficient (Wildman–Crippen LogP) is 1.64. The van der Waals surface area contributed by atoms with Crippen LogP contribution in [0.25, 0.3) is 0 Å². The second kappa shape index (κ2) is 2.96. The van der Waals surface area contributed by atoms with E-state index < -0.39 is 0 Å². The molecule has 0 radical (unpaired) electrons. The van der Waals surface area contributed by atoms with E-state index in [1.165, 1.54) is 5.56 Å². The summed E-state index contributed by atoms with van der Waals surface area (Å²) in [7, 11) is 0. The van der Waals surface area contributed by atoms with Gasteiger partial charge in [-0.2, -0.15) is 0 Å². The number of nitrogens with two attached hydrogens (primary N) is 1. The number of benzene rings is 1. The molecule has 3 heteroatoms. The van der Waals surface area contributed by atoms with Crippen molar-refractivity contribution in [2.45, 2.75) is 12.5 Å². The van der Waals surface area contributed by atoms with E-state index in [0.29, 0.717) is 0 Å². The number of rotatable bonds is 0. The minimum absolute atomic E-state index is 0.218. The van der Waals surface area contributed by atoms with Crippen LogP contribution in [-0.4, -0.2) is 12.6 Å². The molecule has 0 bridgehead atoms. The Hall–Kier alpha value is -0.730. The van der Waals surface area contributed by atoms with Gasteiger partial charge in [0.1, 0.15) is 0 Å². The van der Waals surface area contributed by atoms with Crippen LogP contribution in [-0.2, 0) is 6.42 Å². The third-order valence-electron chi connectivity index (χ3n) is 2.12. The lowest BCUT2D eigenvalue weighted by Crippen LogP contribution is -2.35. The van der Waals surface area contributed by atoms with E-state index in [4.69, 9.17) is 17.3 Å². The number of hydrogen-bond acceptors (Lipinski definition) is 2. The molecule has 2 nitrogen and oxygen atoms in total. The smallest absolute Gasteiger partial charge is 0.0640 e. The van der Waals surface area contributed by atoms with E-state index in [1.54, 1.807) is 0 Å². The van der Waals surface area contributed by atoms with E-state index in [9.17, 15) is 0 Å². The van der Waals surface area contributed by atoms with Crippen molar-refractivity contribution in [1.82, 2.24) is 0 Å². The topological polar surface area (TPSA) is 38.0 Å². The van der Waals surface area contributed by atoms with Gasteiger partial charge in [-0.05, 0) is 18.1 Å². The highest BCUT2D eigenvalue weighted by molar-refractivity contribution is 6.33. The number of fused-ring (bicyclic) bond motifs is 1. The fourth-order valence-electron chi connectivity index (χ4n) is 1.52. The molecular formula is C9H11ClN2. The van der Waals surface area contributed by atoms with Crippen LogP contribution in [0.15, 0.2) is 18.2 Å². The normalized spacial score (nSPS) is 21.3. The quantitative estimate of drug-likeness (QED) is 0.640. The van der Waals surface area contributed by atoms with Gasteiger partial charge in [0.25, 0.3) is 0 Å². The Kier molecular flexibility index (Phi) is 1.95. The largest absolute Gasteiger partial charge is 0.382 e. The maximum atomic E-state index is 5.99. The Morgan fingerprint density at radius 1 is 1.50 bits per heavy atom. The van der Waals surface area contributed by atoms with Crippen molar-refractivity contribution < 1.29 is 0 Å². The highest BCUT2D eigenvalue weighted by Crippen LogP contribution is 2.28. The van der Waals surface area contributed by atoms with Crippen molar-refractivity contribution in [2.24, 2.45) is 5.73 Å². The SMILES string of the molecule is N[C@H]1CNc2c(Cl)cccc2C1. The summed E-state index contributed by atoms with van der Waals surface area (Å²) < 4.78 is 0. The number of halogens is 1. The Morgan fingerprint density at radius 3 is 3.17 bits per heavy atom. The van der Waals surface area contributed by atoms with Crippen LogP contribution >= 0.6 is 11.6 Å². The number of anilines is 1. The third kappa shape index (κ3) is 1.28. The average Bonchev–Trinajstić information content (AvgIpc) is 2.04. The summed E-state index contributed by atoms with van der Waals surface area (Å²) in [6, 6.07) is 6.13. The molecule has 1 atom stereocenters. The molecule has 3 N–H and O–H groups in total. The molecule has 0 saturated heterocycles. The molecule has 1 aliphatic heterocycles. The average molecular weight is 183 g/mol. The van der Waals surface area contributed by atoms with E-state index in [2.05, 4.69) is 11.4 Å².